The van der Waals surface area contributed by atoms with Gasteiger partial charge in [-0.2, -0.15) is 0 Å². The molecule has 0 atom stereocenters. The molecular formula is C8H8Br2O. The van der Waals surface area contributed by atoms with Gasteiger partial charge in [0.1, 0.15) is 5.75 Å². The monoisotopic (exact) mass is 279 g/mol. The fourth-order valence-corrected chi connectivity index (χ4v) is 2.18. The average molecular weight is 281 g/mol. The van der Waals surface area contributed by atoms with E-state index in [1.165, 1.54) is 0 Å². The lowest BCUT2D eigenvalue weighted by Crippen LogP contribution is -1.84. The molecule has 0 aliphatic carbocycles. The fourth-order valence-electron chi connectivity index (χ4n) is 0.824. The van der Waals surface area contributed by atoms with Gasteiger partial charge in [-0.3, -0.25) is 0 Å². The molecule has 1 N–H and O–H groups in total. The summed E-state index contributed by atoms with van der Waals surface area (Å²) in [6.07, 6.45) is 0. The van der Waals surface area contributed by atoms with Crippen LogP contribution in [-0.4, -0.2) is 5.11 Å². The molecule has 1 nitrogen and oxygen atoms in total. The molecule has 1 aromatic carbocycles. The third-order valence-electron chi connectivity index (χ3n) is 1.76. The smallest absolute Gasteiger partial charge is 0.133 e. The molecule has 0 aliphatic rings. The minimum atomic E-state index is 0.325. The van der Waals surface area contributed by atoms with Crippen molar-refractivity contribution in [2.75, 3.05) is 0 Å². The van der Waals surface area contributed by atoms with Gasteiger partial charge in [-0.1, -0.05) is 15.9 Å². The van der Waals surface area contributed by atoms with Crippen molar-refractivity contribution < 1.29 is 5.11 Å². The van der Waals surface area contributed by atoms with Crippen LogP contribution >= 0.6 is 31.9 Å². The highest BCUT2D eigenvalue weighted by Crippen LogP contribution is 2.34. The highest BCUT2D eigenvalue weighted by molar-refractivity contribution is 9.11. The Hall–Kier alpha value is -0.0200. The standard InChI is InChI=1S/C8H8Br2O/c1-4-5(2)8(11)7(10)3-6(4)9/h3,11H,1-2H3/i8+1. The molecule has 0 saturated heterocycles. The van der Waals surface area contributed by atoms with E-state index in [1.54, 1.807) is 0 Å². The van der Waals surface area contributed by atoms with E-state index in [0.717, 1.165) is 20.1 Å². The van der Waals surface area contributed by atoms with E-state index in [4.69, 9.17) is 0 Å². The maximum Gasteiger partial charge on any atom is 0.133 e. The lowest BCUT2D eigenvalue weighted by molar-refractivity contribution is 0.467. The van der Waals surface area contributed by atoms with Gasteiger partial charge in [-0.15, -0.1) is 0 Å². The van der Waals surface area contributed by atoms with Crippen molar-refractivity contribution in [1.82, 2.24) is 0 Å². The van der Waals surface area contributed by atoms with Gasteiger partial charge in [0.25, 0.3) is 0 Å². The van der Waals surface area contributed by atoms with E-state index in [0.29, 0.717) is 5.75 Å². The van der Waals surface area contributed by atoms with Crippen LogP contribution in [-0.2, 0) is 0 Å². The summed E-state index contributed by atoms with van der Waals surface area (Å²) in [5.41, 5.74) is 1.98. The molecule has 0 saturated carbocycles. The zero-order valence-corrected chi connectivity index (χ0v) is 9.45. The SMILES string of the molecule is Cc1c(Br)cc(Br)[13c](O)c1C. The Balaban J connectivity index is 3.46. The number of aromatic hydroxyl groups is 1. The van der Waals surface area contributed by atoms with Gasteiger partial charge in [-0.25, -0.2) is 0 Å². The zero-order chi connectivity index (χ0) is 8.59. The first-order chi connectivity index (χ1) is 5.04. The quantitative estimate of drug-likeness (QED) is 0.771. The number of phenolic OH excluding ortho intramolecular Hbond substituents is 1. The fraction of sp³-hybridized carbons (Fsp3) is 0.250. The third kappa shape index (κ3) is 1.59. The van der Waals surface area contributed by atoms with E-state index >= 15 is 0 Å². The van der Waals surface area contributed by atoms with Crippen LogP contribution in [0.5, 0.6) is 5.75 Å². The molecule has 1 rings (SSSR count). The first-order valence-corrected chi connectivity index (χ1v) is 4.76. The molecule has 60 valence electrons. The van der Waals surface area contributed by atoms with Crippen LogP contribution in [0, 0.1) is 13.8 Å². The molecule has 0 amide bonds. The van der Waals surface area contributed by atoms with Crippen molar-refractivity contribution in [1.29, 1.82) is 0 Å². The van der Waals surface area contributed by atoms with Crippen molar-refractivity contribution in [3.8, 4) is 5.75 Å². The molecule has 0 spiro atoms. The average Bonchev–Trinajstić information content (AvgIpc) is 1.97. The summed E-state index contributed by atoms with van der Waals surface area (Å²) in [4.78, 5) is 0. The minimum absolute atomic E-state index is 0.325. The first-order valence-electron chi connectivity index (χ1n) is 3.18. The van der Waals surface area contributed by atoms with Crippen LogP contribution in [0.3, 0.4) is 0 Å². The molecule has 3 heteroatoms. The number of halogens is 2. The van der Waals surface area contributed by atoms with Crippen LogP contribution in [0.2, 0.25) is 0 Å². The third-order valence-corrected chi connectivity index (χ3v) is 3.18. The van der Waals surface area contributed by atoms with Crippen LogP contribution in [0.1, 0.15) is 11.1 Å². The van der Waals surface area contributed by atoms with Gasteiger partial charge < -0.3 is 5.11 Å². The number of benzene rings is 1. The van der Waals surface area contributed by atoms with E-state index < -0.39 is 0 Å². The van der Waals surface area contributed by atoms with Gasteiger partial charge in [0, 0.05) is 4.47 Å². The van der Waals surface area contributed by atoms with E-state index in [9.17, 15) is 5.11 Å². The highest BCUT2D eigenvalue weighted by atomic mass is 79.9. The number of phenols is 1. The molecular weight excluding hydrogens is 273 g/mol. The second kappa shape index (κ2) is 3.15. The van der Waals surface area contributed by atoms with Gasteiger partial charge in [0.05, 0.1) is 4.47 Å². The highest BCUT2D eigenvalue weighted by Gasteiger charge is 2.07. The Morgan fingerprint density at radius 3 is 2.18 bits per heavy atom. The number of hydrogen-bond donors (Lipinski definition) is 1. The summed E-state index contributed by atoms with van der Waals surface area (Å²) >= 11 is 6.64. The van der Waals surface area contributed by atoms with Gasteiger partial charge in [-0.05, 0) is 47.0 Å². The molecule has 11 heavy (non-hydrogen) atoms. The van der Waals surface area contributed by atoms with Crippen molar-refractivity contribution >= 4 is 31.9 Å². The van der Waals surface area contributed by atoms with Gasteiger partial charge >= 0.3 is 0 Å². The molecule has 0 radical (unpaired) electrons. The Bertz CT molecular complexity index is 268. The van der Waals surface area contributed by atoms with Crippen LogP contribution < -0.4 is 0 Å². The predicted molar refractivity (Wildman–Crippen MR) is 53.0 cm³/mol. The van der Waals surface area contributed by atoms with E-state index in [2.05, 4.69) is 31.9 Å². The second-order valence-electron chi connectivity index (χ2n) is 2.44. The van der Waals surface area contributed by atoms with Crippen LogP contribution in [0.4, 0.5) is 0 Å². The second-order valence-corrected chi connectivity index (χ2v) is 4.15. The summed E-state index contributed by atoms with van der Waals surface area (Å²) < 4.78 is 1.74. The molecule has 0 unspecified atom stereocenters. The number of hydrogen-bond acceptors (Lipinski definition) is 1. The summed E-state index contributed by atoms with van der Waals surface area (Å²) in [6, 6.07) is 1.84. The molecule has 0 heterocycles. The predicted octanol–water partition coefficient (Wildman–Crippen LogP) is 3.53. The van der Waals surface area contributed by atoms with Crippen molar-refractivity contribution in [3.63, 3.8) is 0 Å². The van der Waals surface area contributed by atoms with Crippen LogP contribution in [0.15, 0.2) is 15.0 Å². The summed E-state index contributed by atoms with van der Waals surface area (Å²) in [5, 5.41) is 9.44. The zero-order valence-electron chi connectivity index (χ0n) is 6.28. The van der Waals surface area contributed by atoms with E-state index in [1.807, 2.05) is 19.9 Å². The molecule has 1 aromatic rings. The Labute approximate surface area is 82.7 Å². The minimum Gasteiger partial charge on any atom is -0.506 e. The molecule has 0 aromatic heterocycles. The van der Waals surface area contributed by atoms with Gasteiger partial charge in [0.15, 0.2) is 0 Å². The Kier molecular flexibility index (Phi) is 2.60. The maximum atomic E-state index is 9.44. The molecule has 0 bridgehead atoms. The lowest BCUT2D eigenvalue weighted by atomic mass is 10.2. The van der Waals surface area contributed by atoms with Crippen molar-refractivity contribution in [2.45, 2.75) is 13.8 Å². The van der Waals surface area contributed by atoms with Crippen molar-refractivity contribution in [3.05, 3.63) is 26.1 Å². The van der Waals surface area contributed by atoms with Crippen molar-refractivity contribution in [2.24, 2.45) is 0 Å². The number of rotatable bonds is 0. The van der Waals surface area contributed by atoms with E-state index in [-0.39, 0.29) is 0 Å². The normalized spacial score (nSPS) is 10.2. The summed E-state index contributed by atoms with van der Waals surface area (Å²) in [6.45, 7) is 3.85. The summed E-state index contributed by atoms with van der Waals surface area (Å²) in [5.74, 6) is 0.325. The Morgan fingerprint density at radius 2 is 1.64 bits per heavy atom. The summed E-state index contributed by atoms with van der Waals surface area (Å²) in [7, 11) is 0. The largest absolute Gasteiger partial charge is 0.506 e. The maximum absolute atomic E-state index is 9.44. The lowest BCUT2D eigenvalue weighted by Gasteiger charge is -2.06. The molecule has 0 fully saturated rings. The first kappa shape index (κ1) is 9.07. The van der Waals surface area contributed by atoms with Gasteiger partial charge in [0.2, 0.25) is 0 Å². The van der Waals surface area contributed by atoms with Crippen LogP contribution in [0.25, 0.3) is 0 Å². The Morgan fingerprint density at radius 1 is 1.09 bits per heavy atom. The topological polar surface area (TPSA) is 20.2 Å². The molecule has 0 aliphatic heterocycles.